The Balaban J connectivity index is 1.04. The molecule has 6 rings (SSSR count). The molecule has 0 aliphatic carbocycles. The standard InChI is InChI=1S/C45H54N8O7S/c1-25-26(2)41(27(3)32-17-19-45(4,5)60-40(25)32)61(57,58)52-44(48)50-20-9-12-36(43(56)59-7)51-38(54)18-21-49-42(55)29-11-8-10-28(22-29)39-35-23-30(46)13-15-33(35)34-16-14-31(47)24-37(34)53(39)6/h8,10-11,13-16,22-24,36,47H,9,12,17-21,46H2,1-7H3,(H5,48,49,50,51,52,54,55)/p+1. The monoisotopic (exact) mass is 851 g/mol. The van der Waals surface area contributed by atoms with Crippen LogP contribution in [0.3, 0.4) is 0 Å². The Labute approximate surface area is 356 Å². The van der Waals surface area contributed by atoms with Gasteiger partial charge in [-0.1, -0.05) is 12.1 Å². The Morgan fingerprint density at radius 3 is 2.38 bits per heavy atom. The quantitative estimate of drug-likeness (QED) is 0.0184. The Morgan fingerprint density at radius 2 is 1.66 bits per heavy atom. The molecule has 1 aromatic heterocycles. The van der Waals surface area contributed by atoms with Crippen molar-refractivity contribution in [2.75, 3.05) is 31.7 Å². The molecule has 0 fully saturated rings. The van der Waals surface area contributed by atoms with Crippen LogP contribution in [0.1, 0.15) is 72.1 Å². The number of benzene rings is 4. The molecule has 0 bridgehead atoms. The van der Waals surface area contributed by atoms with Gasteiger partial charge in [-0.05, 0) is 125 Å². The van der Waals surface area contributed by atoms with Gasteiger partial charge in [0.15, 0.2) is 0 Å². The lowest BCUT2D eigenvalue weighted by atomic mass is 9.88. The number of guanidine groups is 1. The molecule has 5 aromatic rings. The number of nitrogen functional groups attached to an aromatic ring is 2. The molecule has 1 atom stereocenters. The number of hydrogen-bond donors (Lipinski definition) is 6. The van der Waals surface area contributed by atoms with E-state index in [1.807, 2.05) is 74.9 Å². The highest BCUT2D eigenvalue weighted by Gasteiger charge is 2.34. The fourth-order valence-electron chi connectivity index (χ4n) is 8.02. The zero-order valence-corrected chi connectivity index (χ0v) is 36.5. The number of nitrogens with zero attached hydrogens (tertiary/aromatic N) is 2. The van der Waals surface area contributed by atoms with E-state index in [2.05, 4.69) is 20.3 Å². The number of rotatable bonds is 13. The second-order valence-corrected chi connectivity index (χ2v) is 17.7. The summed E-state index contributed by atoms with van der Waals surface area (Å²) in [4.78, 5) is 43.2. The van der Waals surface area contributed by atoms with Crippen LogP contribution in [0.4, 0.5) is 11.4 Å². The molecule has 2 heterocycles. The Morgan fingerprint density at radius 1 is 0.951 bits per heavy atom. The van der Waals surface area contributed by atoms with Gasteiger partial charge in [0.05, 0.1) is 22.8 Å². The van der Waals surface area contributed by atoms with Gasteiger partial charge in [-0.2, -0.15) is 4.57 Å². The number of anilines is 2. The number of methoxy groups -OCH3 is 1. The lowest BCUT2D eigenvalue weighted by molar-refractivity contribution is -0.632. The number of carbonyl (C=O) groups is 3. The third-order valence-corrected chi connectivity index (χ3v) is 12.9. The van der Waals surface area contributed by atoms with Gasteiger partial charge in [-0.15, -0.1) is 0 Å². The maximum Gasteiger partial charge on any atom is 0.328 e. The molecule has 0 radical (unpaired) electrons. The molecule has 9 N–H and O–H groups in total. The Bertz CT molecular complexity index is 2710. The van der Waals surface area contributed by atoms with Crippen molar-refractivity contribution >= 4 is 66.8 Å². The predicted octanol–water partition coefficient (Wildman–Crippen LogP) is 4.53. The molecule has 1 aliphatic rings. The fraction of sp³-hybridized carbons (Fsp3) is 0.356. The summed E-state index contributed by atoms with van der Waals surface area (Å²) in [6.45, 7) is 9.45. The van der Waals surface area contributed by atoms with Gasteiger partial charge in [-0.25, -0.2) is 17.9 Å². The highest BCUT2D eigenvalue weighted by molar-refractivity contribution is 7.90. The van der Waals surface area contributed by atoms with E-state index in [0.717, 1.165) is 56.2 Å². The summed E-state index contributed by atoms with van der Waals surface area (Å²) in [5, 5.41) is 8.37. The first-order valence-corrected chi connectivity index (χ1v) is 21.6. The molecule has 2 amide bonds. The summed E-state index contributed by atoms with van der Waals surface area (Å²) in [7, 11) is -0.938. The minimum absolute atomic E-state index is 0.0000461. The Kier molecular flexibility index (Phi) is 12.8. The van der Waals surface area contributed by atoms with Crippen LogP contribution in [-0.2, 0) is 37.8 Å². The van der Waals surface area contributed by atoms with Gasteiger partial charge in [0, 0.05) is 53.5 Å². The first-order chi connectivity index (χ1) is 28.8. The lowest BCUT2D eigenvalue weighted by Crippen LogP contribution is -2.42. The van der Waals surface area contributed by atoms with Gasteiger partial charge >= 0.3 is 5.97 Å². The van der Waals surface area contributed by atoms with Crippen molar-refractivity contribution in [3.8, 4) is 17.0 Å². The number of nitrogens with two attached hydrogens (primary N) is 3. The predicted molar refractivity (Wildman–Crippen MR) is 238 cm³/mol. The number of fused-ring (bicyclic) bond motifs is 4. The van der Waals surface area contributed by atoms with Gasteiger partial charge in [0.25, 0.3) is 15.9 Å². The minimum atomic E-state index is -4.09. The number of sulfonamides is 1. The molecular formula is C45H55N8O7S+. The molecule has 4 aromatic carbocycles. The number of carbonyl (C=O) groups excluding carboxylic acids is 3. The highest BCUT2D eigenvalue weighted by Crippen LogP contribution is 2.42. The van der Waals surface area contributed by atoms with Gasteiger partial charge in [0.2, 0.25) is 23.1 Å². The number of ether oxygens (including phenoxy) is 2. The normalized spacial score (nSPS) is 14.2. The van der Waals surface area contributed by atoms with Crippen molar-refractivity contribution in [2.45, 2.75) is 83.3 Å². The van der Waals surface area contributed by atoms with Crippen LogP contribution in [0, 0.1) is 20.8 Å². The number of aromatic nitrogens is 1. The minimum Gasteiger partial charge on any atom is -0.487 e. The molecular weight excluding hydrogens is 797 g/mol. The number of aliphatic imine (C=N–C) groups is 1. The average Bonchev–Trinajstić information content (AvgIpc) is 3.20. The summed E-state index contributed by atoms with van der Waals surface area (Å²) >= 11 is 0. The molecule has 16 heteroatoms. The molecule has 0 saturated carbocycles. The zero-order valence-electron chi connectivity index (χ0n) is 35.7. The number of hydrogen-bond acceptors (Lipinski definition) is 10. The van der Waals surface area contributed by atoms with E-state index in [9.17, 15) is 22.8 Å². The van der Waals surface area contributed by atoms with Crippen molar-refractivity contribution in [3.05, 3.63) is 88.5 Å². The van der Waals surface area contributed by atoms with Crippen molar-refractivity contribution in [2.24, 2.45) is 17.8 Å². The molecule has 15 nitrogen and oxygen atoms in total. The highest BCUT2D eigenvalue weighted by atomic mass is 32.2. The maximum absolute atomic E-state index is 13.6. The first-order valence-electron chi connectivity index (χ1n) is 20.1. The lowest BCUT2D eigenvalue weighted by Gasteiger charge is -2.35. The number of esters is 1. The smallest absolute Gasteiger partial charge is 0.328 e. The van der Waals surface area contributed by atoms with Crippen LogP contribution < -0.4 is 41.9 Å². The molecule has 0 saturated heterocycles. The largest absolute Gasteiger partial charge is 0.487 e. The SMILES string of the molecule is COC(=O)C(CCCN=C(N)NS(=O)(=O)c1c(C)c(C)c2c(c1C)CCC(C)(C)O2)NC(=O)CCNC(=O)c1cccc(-c2c3cc(N)ccc3c3ccc(N)cc3[n+]2C)c1. The summed E-state index contributed by atoms with van der Waals surface area (Å²) in [5.74, 6) is -1.10. The van der Waals surface area contributed by atoms with Gasteiger partial charge in [-0.3, -0.25) is 14.6 Å². The van der Waals surface area contributed by atoms with Gasteiger partial charge in [0.1, 0.15) is 24.4 Å². The van der Waals surface area contributed by atoms with E-state index in [0.29, 0.717) is 34.5 Å². The summed E-state index contributed by atoms with van der Waals surface area (Å²) in [5.41, 5.74) is 25.0. The fourth-order valence-corrected chi connectivity index (χ4v) is 9.55. The first kappa shape index (κ1) is 44.1. The van der Waals surface area contributed by atoms with E-state index >= 15 is 0 Å². The number of amides is 2. The van der Waals surface area contributed by atoms with Gasteiger partial charge < -0.3 is 37.3 Å². The third-order valence-electron chi connectivity index (χ3n) is 11.3. The Hall–Kier alpha value is -6.42. The zero-order chi connectivity index (χ0) is 44.4. The summed E-state index contributed by atoms with van der Waals surface area (Å²) < 4.78 is 42.7. The molecule has 1 aliphatic heterocycles. The average molecular weight is 852 g/mol. The number of nitrogens with one attached hydrogen (secondary N) is 3. The van der Waals surface area contributed by atoms with E-state index in [1.165, 1.54) is 7.11 Å². The van der Waals surface area contributed by atoms with Crippen LogP contribution in [0.25, 0.3) is 32.9 Å². The number of pyridine rings is 1. The van der Waals surface area contributed by atoms with Crippen molar-refractivity contribution < 1.29 is 36.8 Å². The molecule has 61 heavy (non-hydrogen) atoms. The maximum atomic E-state index is 13.6. The summed E-state index contributed by atoms with van der Waals surface area (Å²) in [6.07, 6.45) is 1.72. The van der Waals surface area contributed by atoms with Crippen molar-refractivity contribution in [1.82, 2.24) is 15.4 Å². The molecule has 322 valence electrons. The van der Waals surface area contributed by atoms with E-state index in [4.69, 9.17) is 26.7 Å². The topological polar surface area (TPSA) is 234 Å². The molecule has 1 unspecified atom stereocenters. The second-order valence-electron chi connectivity index (χ2n) is 16.1. The third kappa shape index (κ3) is 9.49. The van der Waals surface area contributed by atoms with Crippen molar-refractivity contribution in [3.63, 3.8) is 0 Å². The van der Waals surface area contributed by atoms with E-state index in [1.54, 1.807) is 32.0 Å². The second kappa shape index (κ2) is 17.7. The van der Waals surface area contributed by atoms with Crippen LogP contribution >= 0.6 is 0 Å². The number of aryl methyl sites for hydroxylation is 1. The van der Waals surface area contributed by atoms with Crippen molar-refractivity contribution in [1.29, 1.82) is 0 Å². The van der Waals surface area contributed by atoms with Crippen LogP contribution in [0.5, 0.6) is 5.75 Å². The summed E-state index contributed by atoms with van der Waals surface area (Å²) in [6, 6.07) is 17.7. The van der Waals surface area contributed by atoms with E-state index in [-0.39, 0.29) is 54.7 Å². The van der Waals surface area contributed by atoms with E-state index < -0.39 is 27.9 Å². The van der Waals surface area contributed by atoms with Crippen LogP contribution in [0.15, 0.2) is 70.6 Å². The molecule has 0 spiro atoms. The van der Waals surface area contributed by atoms with Crippen LogP contribution in [-0.4, -0.2) is 64.0 Å². The van der Waals surface area contributed by atoms with Crippen LogP contribution in [0.2, 0.25) is 0 Å².